The molecular weight excluding hydrogens is 670 g/mol. The summed E-state index contributed by atoms with van der Waals surface area (Å²) in [5, 5.41) is 2.49. The van der Waals surface area contributed by atoms with Crippen molar-refractivity contribution in [1.29, 1.82) is 0 Å². The summed E-state index contributed by atoms with van der Waals surface area (Å²) in [5.74, 6) is 0. The number of rotatable bonds is 6. The molecule has 0 spiro atoms. The van der Waals surface area contributed by atoms with Crippen LogP contribution in [0.3, 0.4) is 0 Å². The third-order valence-corrected chi connectivity index (χ3v) is 10.5. The summed E-state index contributed by atoms with van der Waals surface area (Å²) in [6.45, 7) is 0. The van der Waals surface area contributed by atoms with E-state index in [-0.39, 0.29) is 0 Å². The first-order valence-corrected chi connectivity index (χ1v) is 16.2. The maximum absolute atomic E-state index is 13.7. The van der Waals surface area contributed by atoms with Gasteiger partial charge in [0.05, 0.1) is 16.7 Å². The first-order valence-electron chi connectivity index (χ1n) is 14.8. The summed E-state index contributed by atoms with van der Waals surface area (Å²) < 4.78 is 122. The average molecular weight is 695 g/mol. The summed E-state index contributed by atoms with van der Waals surface area (Å²) in [5.41, 5.74) is -0.480. The van der Waals surface area contributed by atoms with Crippen molar-refractivity contribution in [2.75, 3.05) is 0 Å². The van der Waals surface area contributed by atoms with Gasteiger partial charge in [-0.3, -0.25) is 0 Å². The van der Waals surface area contributed by atoms with Crippen LogP contribution in [0.1, 0.15) is 16.7 Å². The molecule has 0 aliphatic carbocycles. The van der Waals surface area contributed by atoms with Crippen LogP contribution in [0.5, 0.6) is 0 Å². The van der Waals surface area contributed by atoms with Crippen molar-refractivity contribution in [1.82, 2.24) is 0 Å². The molecule has 0 fully saturated rings. The highest BCUT2D eigenvalue weighted by molar-refractivity contribution is 7.80. The molecule has 0 unspecified atom stereocenters. The lowest BCUT2D eigenvalue weighted by molar-refractivity contribution is -0.138. The van der Waals surface area contributed by atoms with E-state index in [1.807, 2.05) is 60.7 Å². The summed E-state index contributed by atoms with van der Waals surface area (Å²) in [4.78, 5) is 0. The molecule has 0 aliphatic heterocycles. The maximum atomic E-state index is 13.7. The normalized spacial score (nSPS) is 12.4. The van der Waals surface area contributed by atoms with Crippen LogP contribution in [0.15, 0.2) is 146 Å². The van der Waals surface area contributed by atoms with E-state index in [1.54, 1.807) is 12.1 Å². The van der Waals surface area contributed by atoms with E-state index < -0.39 is 43.1 Å². The average Bonchev–Trinajstić information content (AvgIpc) is 3.08. The fraction of sp³-hybridized carbons (Fsp3) is 0.0769. The van der Waals surface area contributed by atoms with E-state index in [4.69, 9.17) is 0 Å². The molecule has 10 heteroatoms. The van der Waals surface area contributed by atoms with Crippen molar-refractivity contribution in [3.8, 4) is 33.4 Å². The van der Waals surface area contributed by atoms with Gasteiger partial charge in [-0.2, -0.15) is 39.5 Å². The Morgan fingerprint density at radius 1 is 0.327 bits per heavy atom. The predicted octanol–water partition coefficient (Wildman–Crippen LogP) is 11.5. The Morgan fingerprint density at radius 3 is 1.04 bits per heavy atom. The van der Waals surface area contributed by atoms with Crippen molar-refractivity contribution < 1.29 is 39.5 Å². The van der Waals surface area contributed by atoms with Gasteiger partial charge < -0.3 is 0 Å². The Bertz CT molecular complexity index is 1990. The third kappa shape index (κ3) is 7.27. The molecule has 49 heavy (non-hydrogen) atoms. The lowest BCUT2D eigenvalue weighted by atomic mass is 9.87. The van der Waals surface area contributed by atoms with Crippen LogP contribution in [-0.2, 0) is 18.5 Å². The van der Waals surface area contributed by atoms with Crippen molar-refractivity contribution in [3.63, 3.8) is 0 Å². The van der Waals surface area contributed by atoms with E-state index >= 15 is 0 Å². The van der Waals surface area contributed by atoms with Crippen LogP contribution < -0.4 is 15.9 Å². The molecule has 0 amide bonds. The Labute approximate surface area is 277 Å². The SMILES string of the molecule is FC(F)(F)c1ccc(-c2ccc(P(c3ccccc3)c3ccccc3)c(-c3ccc(C(F)(F)F)cc3)c2-c2ccc(C(F)(F)F)cc2)cc1. The maximum Gasteiger partial charge on any atom is 0.416 e. The fourth-order valence-electron chi connectivity index (χ4n) is 5.68. The molecule has 0 saturated heterocycles. The fourth-order valence-corrected chi connectivity index (χ4v) is 8.17. The standard InChI is InChI=1S/C39H24F9P/c40-37(41,42)28-17-11-25(12-18-28)33-23-24-34(49(31-7-3-1-4-8-31)32-9-5-2-6-10-32)36(27-15-21-30(22-16-27)39(46,47)48)35(33)26-13-19-29(20-14-26)38(43,44)45/h1-24H. The van der Waals surface area contributed by atoms with Crippen molar-refractivity contribution >= 4 is 23.8 Å². The van der Waals surface area contributed by atoms with Crippen LogP contribution in [0, 0.1) is 0 Å². The number of benzene rings is 6. The first kappa shape index (κ1) is 34.0. The predicted molar refractivity (Wildman–Crippen MR) is 176 cm³/mol. The van der Waals surface area contributed by atoms with E-state index in [2.05, 4.69) is 0 Å². The molecule has 6 rings (SSSR count). The van der Waals surface area contributed by atoms with Gasteiger partial charge >= 0.3 is 18.5 Å². The molecular formula is C39H24F9P. The molecule has 0 bridgehead atoms. The molecule has 0 N–H and O–H groups in total. The largest absolute Gasteiger partial charge is 0.416 e. The van der Waals surface area contributed by atoms with Gasteiger partial charge in [-0.25, -0.2) is 0 Å². The van der Waals surface area contributed by atoms with Crippen LogP contribution in [0.2, 0.25) is 0 Å². The molecule has 0 atom stereocenters. The highest BCUT2D eigenvalue weighted by Crippen LogP contribution is 2.46. The second-order valence-corrected chi connectivity index (χ2v) is 13.3. The Balaban J connectivity index is 1.72. The summed E-state index contributed by atoms with van der Waals surface area (Å²) >= 11 is 0. The van der Waals surface area contributed by atoms with Gasteiger partial charge in [0.2, 0.25) is 0 Å². The van der Waals surface area contributed by atoms with Crippen LogP contribution in [0.25, 0.3) is 33.4 Å². The van der Waals surface area contributed by atoms with Gasteiger partial charge in [0, 0.05) is 0 Å². The summed E-state index contributed by atoms with van der Waals surface area (Å²) in [7, 11) is -1.40. The molecule has 0 radical (unpaired) electrons. The second kappa shape index (κ2) is 13.2. The third-order valence-electron chi connectivity index (χ3n) is 7.98. The van der Waals surface area contributed by atoms with Gasteiger partial charge in [-0.15, -0.1) is 0 Å². The molecule has 248 valence electrons. The van der Waals surface area contributed by atoms with Gasteiger partial charge in [0.25, 0.3) is 0 Å². The molecule has 6 aromatic rings. The van der Waals surface area contributed by atoms with E-state index in [9.17, 15) is 39.5 Å². The summed E-state index contributed by atoms with van der Waals surface area (Å²) in [6.07, 6.45) is -13.9. The Morgan fingerprint density at radius 2 is 0.673 bits per heavy atom. The Hall–Kier alpha value is -4.88. The molecule has 0 aliphatic rings. The van der Waals surface area contributed by atoms with Gasteiger partial charge in [0.1, 0.15) is 0 Å². The highest BCUT2D eigenvalue weighted by Gasteiger charge is 2.33. The number of halogens is 9. The molecule has 0 nitrogen and oxygen atoms in total. The summed E-state index contributed by atoms with van der Waals surface area (Å²) in [6, 6.07) is 35.6. The van der Waals surface area contributed by atoms with Crippen LogP contribution in [-0.4, -0.2) is 0 Å². The topological polar surface area (TPSA) is 0 Å². The zero-order valence-corrected chi connectivity index (χ0v) is 26.1. The second-order valence-electron chi connectivity index (χ2n) is 11.1. The van der Waals surface area contributed by atoms with Gasteiger partial charge in [-0.1, -0.05) is 109 Å². The zero-order valence-electron chi connectivity index (χ0n) is 25.2. The van der Waals surface area contributed by atoms with Gasteiger partial charge in [0.15, 0.2) is 0 Å². The van der Waals surface area contributed by atoms with E-state index in [1.165, 1.54) is 36.4 Å². The lowest BCUT2D eigenvalue weighted by Gasteiger charge is -2.27. The van der Waals surface area contributed by atoms with Crippen molar-refractivity contribution in [2.24, 2.45) is 0 Å². The minimum Gasteiger partial charge on any atom is -0.166 e. The van der Waals surface area contributed by atoms with E-state index in [0.29, 0.717) is 38.7 Å². The number of hydrogen-bond donors (Lipinski definition) is 0. The van der Waals surface area contributed by atoms with Crippen LogP contribution >= 0.6 is 7.92 Å². The number of alkyl halides is 9. The van der Waals surface area contributed by atoms with E-state index in [0.717, 1.165) is 47.0 Å². The molecule has 0 heterocycles. The zero-order chi connectivity index (χ0) is 35.0. The minimum absolute atomic E-state index is 0.302. The van der Waals surface area contributed by atoms with Crippen molar-refractivity contribution in [3.05, 3.63) is 162 Å². The highest BCUT2D eigenvalue weighted by atomic mass is 31.1. The monoisotopic (exact) mass is 694 g/mol. The van der Waals surface area contributed by atoms with Crippen molar-refractivity contribution in [2.45, 2.75) is 18.5 Å². The smallest absolute Gasteiger partial charge is 0.166 e. The molecule has 6 aromatic carbocycles. The molecule has 0 saturated carbocycles. The van der Waals surface area contributed by atoms with Gasteiger partial charge in [-0.05, 0) is 93.6 Å². The Kier molecular flexibility index (Phi) is 9.16. The quantitative estimate of drug-likeness (QED) is 0.120. The molecule has 0 aromatic heterocycles. The lowest BCUT2D eigenvalue weighted by Crippen LogP contribution is -2.23. The minimum atomic E-state index is -4.64. The van der Waals surface area contributed by atoms with Crippen LogP contribution in [0.4, 0.5) is 39.5 Å². The number of hydrogen-bond acceptors (Lipinski definition) is 0. The first-order chi connectivity index (χ1) is 23.2.